The van der Waals surface area contributed by atoms with E-state index < -0.39 is 11.6 Å². The number of carbonyl (C=O) groups excluding carboxylic acids is 1. The minimum atomic E-state index is -0.703. The summed E-state index contributed by atoms with van der Waals surface area (Å²) in [7, 11) is 1.99. The van der Waals surface area contributed by atoms with Crippen molar-refractivity contribution in [2.45, 2.75) is 31.7 Å². The Morgan fingerprint density at radius 1 is 1.28 bits per heavy atom. The van der Waals surface area contributed by atoms with E-state index in [0.29, 0.717) is 19.0 Å². The Morgan fingerprint density at radius 3 is 2.39 bits per heavy atom. The SMILES string of the molecule is CN(CCC(=O)c1cc(F)cc(F)c1)C1CCC1. The Morgan fingerprint density at radius 2 is 1.89 bits per heavy atom. The van der Waals surface area contributed by atoms with Gasteiger partial charge in [-0.2, -0.15) is 0 Å². The van der Waals surface area contributed by atoms with Crippen molar-refractivity contribution in [3.63, 3.8) is 0 Å². The monoisotopic (exact) mass is 253 g/mol. The Labute approximate surface area is 106 Å². The van der Waals surface area contributed by atoms with Gasteiger partial charge in [-0.05, 0) is 32.0 Å². The first-order valence-electron chi connectivity index (χ1n) is 6.26. The summed E-state index contributed by atoms with van der Waals surface area (Å²) in [5, 5.41) is 0. The van der Waals surface area contributed by atoms with Crippen molar-refractivity contribution in [2.75, 3.05) is 13.6 Å². The molecule has 0 amide bonds. The van der Waals surface area contributed by atoms with Crippen LogP contribution in [-0.4, -0.2) is 30.3 Å². The molecule has 1 fully saturated rings. The van der Waals surface area contributed by atoms with E-state index in [4.69, 9.17) is 0 Å². The molecule has 0 N–H and O–H groups in total. The summed E-state index contributed by atoms with van der Waals surface area (Å²) in [6.45, 7) is 0.641. The van der Waals surface area contributed by atoms with Crippen molar-refractivity contribution in [1.29, 1.82) is 0 Å². The molecule has 0 spiro atoms. The number of ketones is 1. The quantitative estimate of drug-likeness (QED) is 0.752. The van der Waals surface area contributed by atoms with E-state index in [1.165, 1.54) is 19.3 Å². The van der Waals surface area contributed by atoms with Crippen molar-refractivity contribution >= 4 is 5.78 Å². The fourth-order valence-electron chi connectivity index (χ4n) is 2.15. The van der Waals surface area contributed by atoms with Crippen molar-refractivity contribution in [3.8, 4) is 0 Å². The molecule has 0 saturated heterocycles. The van der Waals surface area contributed by atoms with Crippen molar-refractivity contribution in [3.05, 3.63) is 35.4 Å². The third kappa shape index (κ3) is 3.13. The van der Waals surface area contributed by atoms with Gasteiger partial charge >= 0.3 is 0 Å². The molecule has 1 saturated carbocycles. The van der Waals surface area contributed by atoms with Crippen LogP contribution < -0.4 is 0 Å². The third-order valence-electron chi connectivity index (χ3n) is 3.57. The molecular formula is C14H17F2NO. The van der Waals surface area contributed by atoms with E-state index in [-0.39, 0.29) is 11.3 Å². The number of nitrogens with zero attached hydrogens (tertiary/aromatic N) is 1. The van der Waals surface area contributed by atoms with Gasteiger partial charge in [0.15, 0.2) is 5.78 Å². The van der Waals surface area contributed by atoms with Crippen LogP contribution in [0.15, 0.2) is 18.2 Å². The molecule has 0 radical (unpaired) electrons. The van der Waals surface area contributed by atoms with Crippen LogP contribution in [0.2, 0.25) is 0 Å². The van der Waals surface area contributed by atoms with Gasteiger partial charge in [0.2, 0.25) is 0 Å². The van der Waals surface area contributed by atoms with E-state index in [2.05, 4.69) is 4.90 Å². The summed E-state index contributed by atoms with van der Waals surface area (Å²) < 4.78 is 26.0. The summed E-state index contributed by atoms with van der Waals surface area (Å²) in [6.07, 6.45) is 3.91. The van der Waals surface area contributed by atoms with E-state index >= 15 is 0 Å². The van der Waals surface area contributed by atoms with Crippen LogP contribution in [0, 0.1) is 11.6 Å². The van der Waals surface area contributed by atoms with Crippen LogP contribution in [0.4, 0.5) is 8.78 Å². The second kappa shape index (κ2) is 5.57. The molecule has 2 rings (SSSR count). The first-order valence-corrected chi connectivity index (χ1v) is 6.26. The second-order valence-electron chi connectivity index (χ2n) is 4.90. The molecular weight excluding hydrogens is 236 g/mol. The van der Waals surface area contributed by atoms with E-state index in [0.717, 1.165) is 18.2 Å². The molecule has 0 heterocycles. The molecule has 2 nitrogen and oxygen atoms in total. The predicted molar refractivity (Wildman–Crippen MR) is 65.6 cm³/mol. The molecule has 4 heteroatoms. The zero-order valence-corrected chi connectivity index (χ0v) is 10.5. The Balaban J connectivity index is 1.90. The standard InChI is InChI=1S/C14H17F2NO/c1-17(13-3-2-4-13)6-5-14(18)10-7-11(15)9-12(16)8-10/h7-9,13H,2-6H2,1H3. The van der Waals surface area contributed by atoms with Gasteiger partial charge in [-0.15, -0.1) is 0 Å². The molecule has 98 valence electrons. The van der Waals surface area contributed by atoms with Gasteiger partial charge < -0.3 is 4.90 Å². The van der Waals surface area contributed by atoms with Crippen LogP contribution in [0.5, 0.6) is 0 Å². The van der Waals surface area contributed by atoms with Crippen molar-refractivity contribution < 1.29 is 13.6 Å². The lowest BCUT2D eigenvalue weighted by Gasteiger charge is -2.34. The van der Waals surface area contributed by atoms with Crippen LogP contribution in [0.3, 0.4) is 0 Å². The molecule has 1 aromatic carbocycles. The summed E-state index contributed by atoms with van der Waals surface area (Å²) in [5.74, 6) is -1.61. The highest BCUT2D eigenvalue weighted by Crippen LogP contribution is 2.23. The van der Waals surface area contributed by atoms with Crippen LogP contribution >= 0.6 is 0 Å². The predicted octanol–water partition coefficient (Wildman–Crippen LogP) is 3.02. The normalized spacial score (nSPS) is 15.8. The molecule has 0 aromatic heterocycles. The minimum absolute atomic E-state index is 0.120. The molecule has 0 aliphatic heterocycles. The van der Waals surface area contributed by atoms with Gasteiger partial charge in [0.1, 0.15) is 11.6 Å². The summed E-state index contributed by atoms with van der Waals surface area (Å²) in [5.41, 5.74) is 0.120. The number of benzene rings is 1. The van der Waals surface area contributed by atoms with E-state index in [1.54, 1.807) is 0 Å². The Bertz CT molecular complexity index is 423. The Hall–Kier alpha value is -1.29. The third-order valence-corrected chi connectivity index (χ3v) is 3.57. The maximum atomic E-state index is 13.0. The number of rotatable bonds is 5. The van der Waals surface area contributed by atoms with Crippen LogP contribution in [0.25, 0.3) is 0 Å². The smallest absolute Gasteiger partial charge is 0.164 e. The van der Waals surface area contributed by atoms with Gasteiger partial charge in [0.05, 0.1) is 0 Å². The highest BCUT2D eigenvalue weighted by molar-refractivity contribution is 5.96. The molecule has 0 unspecified atom stereocenters. The van der Waals surface area contributed by atoms with Crippen molar-refractivity contribution in [2.24, 2.45) is 0 Å². The molecule has 1 aliphatic rings. The fourth-order valence-corrected chi connectivity index (χ4v) is 2.15. The molecule has 18 heavy (non-hydrogen) atoms. The molecule has 0 atom stereocenters. The van der Waals surface area contributed by atoms with Crippen molar-refractivity contribution in [1.82, 2.24) is 4.90 Å². The summed E-state index contributed by atoms with van der Waals surface area (Å²) in [6, 6.07) is 3.53. The largest absolute Gasteiger partial charge is 0.303 e. The summed E-state index contributed by atoms with van der Waals surface area (Å²) >= 11 is 0. The second-order valence-corrected chi connectivity index (χ2v) is 4.90. The maximum absolute atomic E-state index is 13.0. The average Bonchev–Trinajstić information content (AvgIpc) is 2.22. The summed E-state index contributed by atoms with van der Waals surface area (Å²) in [4.78, 5) is 14.0. The number of halogens is 2. The van der Waals surface area contributed by atoms with Crippen LogP contribution in [0.1, 0.15) is 36.0 Å². The maximum Gasteiger partial charge on any atom is 0.164 e. The van der Waals surface area contributed by atoms with E-state index in [1.807, 2.05) is 7.05 Å². The fraction of sp³-hybridized carbons (Fsp3) is 0.500. The number of Topliss-reactive ketones (excluding diaryl/α,β-unsaturated/α-hetero) is 1. The first kappa shape index (κ1) is 13.1. The van der Waals surface area contributed by atoms with Gasteiger partial charge in [0, 0.05) is 30.6 Å². The van der Waals surface area contributed by atoms with Gasteiger partial charge in [-0.3, -0.25) is 4.79 Å². The molecule has 1 aromatic rings. The highest BCUT2D eigenvalue weighted by Gasteiger charge is 2.22. The van der Waals surface area contributed by atoms with Crippen LogP contribution in [-0.2, 0) is 0 Å². The lowest BCUT2D eigenvalue weighted by atomic mass is 9.91. The average molecular weight is 253 g/mol. The molecule has 1 aliphatic carbocycles. The highest BCUT2D eigenvalue weighted by atomic mass is 19.1. The Kier molecular flexibility index (Phi) is 4.07. The number of hydrogen-bond donors (Lipinski definition) is 0. The van der Waals surface area contributed by atoms with Gasteiger partial charge in [-0.1, -0.05) is 6.42 Å². The zero-order chi connectivity index (χ0) is 13.1. The molecule has 0 bridgehead atoms. The number of hydrogen-bond acceptors (Lipinski definition) is 2. The van der Waals surface area contributed by atoms with Gasteiger partial charge in [0.25, 0.3) is 0 Å². The lowest BCUT2D eigenvalue weighted by Crippen LogP contribution is -2.38. The van der Waals surface area contributed by atoms with E-state index in [9.17, 15) is 13.6 Å². The van der Waals surface area contributed by atoms with Gasteiger partial charge in [-0.25, -0.2) is 8.78 Å². The zero-order valence-electron chi connectivity index (χ0n) is 10.5. The lowest BCUT2D eigenvalue weighted by molar-refractivity contribution is 0.0938. The first-order chi connectivity index (χ1) is 8.56. The topological polar surface area (TPSA) is 20.3 Å². The minimum Gasteiger partial charge on any atom is -0.303 e. The number of carbonyl (C=O) groups is 1.